The molecule has 0 bridgehead atoms. The molecule has 0 aliphatic heterocycles. The van der Waals surface area contributed by atoms with Crippen LogP contribution in [0.3, 0.4) is 0 Å². The van der Waals surface area contributed by atoms with Gasteiger partial charge in [-0.05, 0) is 30.0 Å². The van der Waals surface area contributed by atoms with Gasteiger partial charge in [0, 0.05) is 0 Å². The van der Waals surface area contributed by atoms with Gasteiger partial charge in [-0.25, -0.2) is 14.2 Å². The largest absolute Gasteiger partial charge is 0.444 e. The van der Waals surface area contributed by atoms with E-state index in [0.29, 0.717) is 29.4 Å². The van der Waals surface area contributed by atoms with E-state index < -0.39 is 17.5 Å². The van der Waals surface area contributed by atoms with Gasteiger partial charge >= 0.3 is 6.09 Å². The highest BCUT2D eigenvalue weighted by molar-refractivity contribution is 6.29. The number of carbonyl (C=O) groups excluding carboxylic acids is 1. The second kappa shape index (κ2) is 10.0. The number of carbonyl (C=O) groups is 1. The fraction of sp³-hybridized carbons (Fsp3) is 0.250. The summed E-state index contributed by atoms with van der Waals surface area (Å²) in [4.78, 5) is 36.7. The van der Waals surface area contributed by atoms with Crippen LogP contribution in [-0.2, 0) is 24.3 Å². The number of hydrogen-bond donors (Lipinski definition) is 2. The van der Waals surface area contributed by atoms with E-state index in [1.54, 1.807) is 0 Å². The second-order valence-corrected chi connectivity index (χ2v) is 8.59. The summed E-state index contributed by atoms with van der Waals surface area (Å²) in [5, 5.41) is 2.58. The summed E-state index contributed by atoms with van der Waals surface area (Å²) < 4.78 is 20.7. The van der Waals surface area contributed by atoms with Crippen molar-refractivity contribution in [2.45, 2.75) is 33.4 Å². The van der Waals surface area contributed by atoms with Crippen molar-refractivity contribution in [2.75, 3.05) is 5.32 Å². The van der Waals surface area contributed by atoms with E-state index in [2.05, 4.69) is 20.3 Å². The number of benzene rings is 1. The molecule has 10 heteroatoms. The molecule has 0 aliphatic carbocycles. The quantitative estimate of drug-likeness (QED) is 0.364. The van der Waals surface area contributed by atoms with Gasteiger partial charge in [-0.1, -0.05) is 55.8 Å². The predicted molar refractivity (Wildman–Crippen MR) is 127 cm³/mol. The lowest BCUT2D eigenvalue weighted by Gasteiger charge is -2.11. The lowest BCUT2D eigenvalue weighted by Crippen LogP contribution is -2.27. The lowest BCUT2D eigenvalue weighted by molar-refractivity contribution is 0.155. The molecular formula is C24H23ClFN5O3. The first-order valence-electron chi connectivity index (χ1n) is 10.7. The highest BCUT2D eigenvalue weighted by atomic mass is 35.5. The molecule has 0 unspecified atom stereocenters. The minimum absolute atomic E-state index is 0.00748. The molecule has 1 aromatic carbocycles. The minimum atomic E-state index is -0.773. The van der Waals surface area contributed by atoms with E-state index in [-0.39, 0.29) is 29.5 Å². The number of H-pyrrole nitrogens is 1. The summed E-state index contributed by atoms with van der Waals surface area (Å²) in [5.41, 5.74) is 1.58. The van der Waals surface area contributed by atoms with Crippen LogP contribution < -0.4 is 10.9 Å². The van der Waals surface area contributed by atoms with E-state index in [4.69, 9.17) is 16.3 Å². The average Bonchev–Trinajstić information content (AvgIpc) is 3.25. The smallest absolute Gasteiger partial charge is 0.412 e. The van der Waals surface area contributed by atoms with Crippen molar-refractivity contribution in [3.8, 4) is 0 Å². The Kier molecular flexibility index (Phi) is 6.93. The number of imidazole rings is 1. The van der Waals surface area contributed by atoms with Crippen molar-refractivity contribution in [3.05, 3.63) is 87.1 Å². The first-order valence-corrected chi connectivity index (χ1v) is 11.1. The van der Waals surface area contributed by atoms with Crippen molar-refractivity contribution >= 4 is 34.4 Å². The van der Waals surface area contributed by atoms with Gasteiger partial charge in [-0.3, -0.25) is 19.7 Å². The van der Waals surface area contributed by atoms with Gasteiger partial charge < -0.3 is 9.72 Å². The summed E-state index contributed by atoms with van der Waals surface area (Å²) in [6, 6.07) is 12.0. The molecule has 0 aliphatic rings. The summed E-state index contributed by atoms with van der Waals surface area (Å²) >= 11 is 6.25. The average molecular weight is 484 g/mol. The molecule has 1 amide bonds. The molecule has 4 aromatic rings. The molecular weight excluding hydrogens is 461 g/mol. The molecule has 8 nitrogen and oxygen atoms in total. The SMILES string of the molecule is CC(C)Cc1ncc(F)c2[nH]c(Cn3c(Cl)ccc(NC(=O)OCc4ccccc4)c3=O)nc12. The van der Waals surface area contributed by atoms with Crippen molar-refractivity contribution in [3.63, 3.8) is 0 Å². The van der Waals surface area contributed by atoms with Crippen molar-refractivity contribution < 1.29 is 13.9 Å². The molecule has 3 heterocycles. The number of hydrogen-bond acceptors (Lipinski definition) is 5. The second-order valence-electron chi connectivity index (χ2n) is 8.21. The number of aromatic nitrogens is 4. The summed E-state index contributed by atoms with van der Waals surface area (Å²) in [6.07, 6.45) is 1.02. The number of nitrogens with zero attached hydrogens (tertiary/aromatic N) is 3. The number of pyridine rings is 2. The van der Waals surface area contributed by atoms with Gasteiger partial charge in [0.1, 0.15) is 34.3 Å². The number of ether oxygens (including phenoxy) is 1. The maximum atomic E-state index is 14.3. The standard InChI is InChI=1S/C24H23ClFN5O3/c1-14(2)10-18-22-21(16(26)11-27-18)29-20(30-22)12-31-19(25)9-8-17(23(31)32)28-24(33)34-13-15-6-4-3-5-7-15/h3-9,11,14H,10,12-13H2,1-2H3,(H,28,33)(H,29,30). The number of aromatic amines is 1. The van der Waals surface area contributed by atoms with Crippen LogP contribution >= 0.6 is 11.6 Å². The van der Waals surface area contributed by atoms with E-state index in [1.165, 1.54) is 16.7 Å². The third-order valence-electron chi connectivity index (χ3n) is 5.08. The van der Waals surface area contributed by atoms with E-state index in [1.807, 2.05) is 44.2 Å². The Morgan fingerprint density at radius 2 is 2.00 bits per heavy atom. The van der Waals surface area contributed by atoms with Gasteiger partial charge in [0.25, 0.3) is 5.56 Å². The Hall–Kier alpha value is -3.72. The third-order valence-corrected chi connectivity index (χ3v) is 5.41. The van der Waals surface area contributed by atoms with Crippen molar-refractivity contribution in [2.24, 2.45) is 5.92 Å². The minimum Gasteiger partial charge on any atom is -0.444 e. The molecule has 0 radical (unpaired) electrons. The van der Waals surface area contributed by atoms with Crippen LogP contribution in [0.25, 0.3) is 11.0 Å². The number of nitrogens with one attached hydrogen (secondary N) is 2. The van der Waals surface area contributed by atoms with Crippen LogP contribution in [0.15, 0.2) is 53.5 Å². The van der Waals surface area contributed by atoms with Gasteiger partial charge in [-0.15, -0.1) is 0 Å². The first-order chi connectivity index (χ1) is 16.3. The molecule has 0 fully saturated rings. The maximum absolute atomic E-state index is 14.3. The summed E-state index contributed by atoms with van der Waals surface area (Å²) in [6.45, 7) is 4.08. The van der Waals surface area contributed by atoms with Gasteiger partial charge in [0.2, 0.25) is 0 Å². The highest BCUT2D eigenvalue weighted by Gasteiger charge is 2.17. The Labute approximate surface area is 199 Å². The van der Waals surface area contributed by atoms with Crippen molar-refractivity contribution in [1.82, 2.24) is 19.5 Å². The van der Waals surface area contributed by atoms with E-state index in [0.717, 1.165) is 11.8 Å². The molecule has 3 aromatic heterocycles. The van der Waals surface area contributed by atoms with Crippen LogP contribution in [0, 0.1) is 11.7 Å². The molecule has 4 rings (SSSR count). The predicted octanol–water partition coefficient (Wildman–Crippen LogP) is 4.91. The van der Waals surface area contributed by atoms with Crippen molar-refractivity contribution in [1.29, 1.82) is 0 Å². The molecule has 0 atom stereocenters. The normalized spacial score (nSPS) is 11.2. The molecule has 2 N–H and O–H groups in total. The first kappa shape index (κ1) is 23.4. The van der Waals surface area contributed by atoms with E-state index >= 15 is 0 Å². The van der Waals surface area contributed by atoms with Gasteiger partial charge in [0.15, 0.2) is 5.82 Å². The topological polar surface area (TPSA) is 102 Å². The number of amides is 1. The fourth-order valence-electron chi connectivity index (χ4n) is 3.49. The molecule has 176 valence electrons. The maximum Gasteiger partial charge on any atom is 0.412 e. The van der Waals surface area contributed by atoms with Crippen LogP contribution in [0.4, 0.5) is 14.9 Å². The number of halogens is 2. The Morgan fingerprint density at radius 1 is 1.24 bits per heavy atom. The van der Waals surface area contributed by atoms with E-state index in [9.17, 15) is 14.0 Å². The van der Waals surface area contributed by atoms with Gasteiger partial charge in [-0.2, -0.15) is 0 Å². The zero-order valence-corrected chi connectivity index (χ0v) is 19.4. The monoisotopic (exact) mass is 483 g/mol. The number of rotatable bonds is 7. The highest BCUT2D eigenvalue weighted by Crippen LogP contribution is 2.21. The zero-order valence-electron chi connectivity index (χ0n) is 18.6. The summed E-state index contributed by atoms with van der Waals surface area (Å²) in [7, 11) is 0. The van der Waals surface area contributed by atoms with Crippen LogP contribution in [0.1, 0.15) is 30.9 Å². The van der Waals surface area contributed by atoms with Gasteiger partial charge in [0.05, 0.1) is 18.4 Å². The van der Waals surface area contributed by atoms with Crippen LogP contribution in [0.2, 0.25) is 5.15 Å². The molecule has 0 spiro atoms. The molecule has 0 saturated carbocycles. The number of anilines is 1. The lowest BCUT2D eigenvalue weighted by atomic mass is 10.1. The van der Waals surface area contributed by atoms with Crippen LogP contribution in [-0.4, -0.2) is 25.6 Å². The number of fused-ring (bicyclic) bond motifs is 1. The Bertz CT molecular complexity index is 1380. The van der Waals surface area contributed by atoms with Crippen LogP contribution in [0.5, 0.6) is 0 Å². The summed E-state index contributed by atoms with van der Waals surface area (Å²) in [5.74, 6) is 0.110. The Balaban J connectivity index is 1.55. The third kappa shape index (κ3) is 5.26. The zero-order chi connectivity index (χ0) is 24.2. The fourth-order valence-corrected chi connectivity index (χ4v) is 3.69. The Morgan fingerprint density at radius 3 is 2.74 bits per heavy atom. The molecule has 0 saturated heterocycles. The molecule has 34 heavy (non-hydrogen) atoms.